The fourth-order valence-electron chi connectivity index (χ4n) is 3.72. The molecule has 2 amide bonds. The largest absolute Gasteiger partial charge is 0.489 e. The number of nitrogens with one attached hydrogen (secondary N) is 2. The summed E-state index contributed by atoms with van der Waals surface area (Å²) in [6.45, 7) is 1.10. The van der Waals surface area contributed by atoms with Crippen LogP contribution in [0.25, 0.3) is 0 Å². The van der Waals surface area contributed by atoms with E-state index in [2.05, 4.69) is 10.6 Å². The maximum absolute atomic E-state index is 12.3. The molecule has 0 spiro atoms. The van der Waals surface area contributed by atoms with Crippen LogP contribution in [0.2, 0.25) is 0 Å². The van der Waals surface area contributed by atoms with Crippen molar-refractivity contribution >= 4 is 18.0 Å². The van der Waals surface area contributed by atoms with Gasteiger partial charge < -0.3 is 25.2 Å². The molecule has 0 saturated heterocycles. The summed E-state index contributed by atoms with van der Waals surface area (Å²) in [5.41, 5.74) is 2.76. The van der Waals surface area contributed by atoms with Gasteiger partial charge in [-0.2, -0.15) is 0 Å². The standard InChI is InChI=1S/C30H34N2O6/c33-28(14-8-3-9-19-31-30(36)38-22-25-12-6-2-7-13-25)32-27(29(34)35)20-23-15-17-26(18-16-23)37-21-24-10-4-1-5-11-24/h1-2,4-7,10-13,15-18,27H,3,8-9,14,19-22H2,(H,31,36)(H,32,33)(H,34,35)/t27-/m1/s1. The maximum Gasteiger partial charge on any atom is 0.407 e. The summed E-state index contributed by atoms with van der Waals surface area (Å²) in [6.07, 6.45) is 1.91. The van der Waals surface area contributed by atoms with Crippen LogP contribution in [0.3, 0.4) is 0 Å². The number of carbonyl (C=O) groups is 3. The fourth-order valence-corrected chi connectivity index (χ4v) is 3.72. The van der Waals surface area contributed by atoms with E-state index in [1.165, 1.54) is 0 Å². The van der Waals surface area contributed by atoms with Gasteiger partial charge in [0.05, 0.1) is 0 Å². The van der Waals surface area contributed by atoms with Gasteiger partial charge >= 0.3 is 12.1 Å². The normalized spacial score (nSPS) is 11.3. The molecule has 0 fully saturated rings. The molecule has 0 bridgehead atoms. The lowest BCUT2D eigenvalue weighted by Crippen LogP contribution is -2.42. The molecule has 1 atom stereocenters. The number of rotatable bonds is 15. The Kier molecular flexibility index (Phi) is 11.7. The summed E-state index contributed by atoms with van der Waals surface area (Å²) in [5.74, 6) is -0.705. The number of hydrogen-bond acceptors (Lipinski definition) is 5. The Bertz CT molecular complexity index is 1140. The van der Waals surface area contributed by atoms with Crippen molar-refractivity contribution in [1.82, 2.24) is 10.6 Å². The zero-order chi connectivity index (χ0) is 27.0. The van der Waals surface area contributed by atoms with Gasteiger partial charge in [0.1, 0.15) is 25.0 Å². The first-order chi connectivity index (χ1) is 18.5. The summed E-state index contributed by atoms with van der Waals surface area (Å²) < 4.78 is 10.9. The second-order valence-electron chi connectivity index (χ2n) is 8.88. The van der Waals surface area contributed by atoms with Crippen molar-refractivity contribution in [2.24, 2.45) is 0 Å². The van der Waals surface area contributed by atoms with Crippen molar-refractivity contribution in [2.75, 3.05) is 6.54 Å². The van der Waals surface area contributed by atoms with E-state index in [4.69, 9.17) is 9.47 Å². The number of carboxylic acid groups (broad SMARTS) is 1. The molecule has 0 heterocycles. The summed E-state index contributed by atoms with van der Waals surface area (Å²) in [7, 11) is 0. The number of carboxylic acids is 1. The number of aliphatic carboxylic acids is 1. The Morgan fingerprint density at radius 2 is 1.37 bits per heavy atom. The predicted molar refractivity (Wildman–Crippen MR) is 144 cm³/mol. The van der Waals surface area contributed by atoms with Crippen molar-refractivity contribution in [3.63, 3.8) is 0 Å². The molecule has 3 aromatic carbocycles. The van der Waals surface area contributed by atoms with Gasteiger partial charge in [-0.3, -0.25) is 4.79 Å². The topological polar surface area (TPSA) is 114 Å². The lowest BCUT2D eigenvalue weighted by atomic mass is 10.1. The third kappa shape index (κ3) is 10.7. The van der Waals surface area contributed by atoms with Gasteiger partial charge in [-0.1, -0.05) is 79.2 Å². The van der Waals surface area contributed by atoms with Gasteiger partial charge in [-0.05, 0) is 41.7 Å². The van der Waals surface area contributed by atoms with Crippen LogP contribution in [0.1, 0.15) is 42.4 Å². The Morgan fingerprint density at radius 1 is 0.737 bits per heavy atom. The lowest BCUT2D eigenvalue weighted by molar-refractivity contribution is -0.141. The van der Waals surface area contributed by atoms with Crippen molar-refractivity contribution in [3.8, 4) is 5.75 Å². The Hall–Kier alpha value is -4.33. The minimum atomic E-state index is -1.08. The van der Waals surface area contributed by atoms with Gasteiger partial charge in [0.2, 0.25) is 5.91 Å². The van der Waals surface area contributed by atoms with E-state index in [1.54, 1.807) is 24.3 Å². The van der Waals surface area contributed by atoms with E-state index in [-0.39, 0.29) is 25.4 Å². The minimum absolute atomic E-state index is 0.176. The minimum Gasteiger partial charge on any atom is -0.489 e. The Labute approximate surface area is 223 Å². The van der Waals surface area contributed by atoms with E-state index >= 15 is 0 Å². The molecule has 0 unspecified atom stereocenters. The molecule has 8 heteroatoms. The molecule has 0 aromatic heterocycles. The maximum atomic E-state index is 12.3. The average molecular weight is 519 g/mol. The molecule has 0 saturated carbocycles. The van der Waals surface area contributed by atoms with Gasteiger partial charge in [0, 0.05) is 19.4 Å². The molecule has 200 valence electrons. The second-order valence-corrected chi connectivity index (χ2v) is 8.88. The lowest BCUT2D eigenvalue weighted by Gasteiger charge is -2.15. The summed E-state index contributed by atoms with van der Waals surface area (Å²) >= 11 is 0. The number of unbranched alkanes of at least 4 members (excludes halogenated alkanes) is 2. The smallest absolute Gasteiger partial charge is 0.407 e. The van der Waals surface area contributed by atoms with Gasteiger partial charge in [-0.15, -0.1) is 0 Å². The van der Waals surface area contributed by atoms with Crippen LogP contribution >= 0.6 is 0 Å². The highest BCUT2D eigenvalue weighted by molar-refractivity contribution is 5.83. The number of alkyl carbamates (subject to hydrolysis) is 1. The first-order valence-corrected chi connectivity index (χ1v) is 12.7. The van der Waals surface area contributed by atoms with Crippen LogP contribution in [0, 0.1) is 0 Å². The predicted octanol–water partition coefficient (Wildman–Crippen LogP) is 4.86. The van der Waals surface area contributed by atoms with Crippen molar-refractivity contribution in [2.45, 2.75) is 51.4 Å². The molecule has 38 heavy (non-hydrogen) atoms. The highest BCUT2D eigenvalue weighted by Crippen LogP contribution is 2.16. The van der Waals surface area contributed by atoms with Crippen LogP contribution in [-0.4, -0.2) is 35.7 Å². The molecular weight excluding hydrogens is 484 g/mol. The Balaban J connectivity index is 1.29. The third-order valence-electron chi connectivity index (χ3n) is 5.81. The van der Waals surface area contributed by atoms with Crippen molar-refractivity contribution in [3.05, 3.63) is 102 Å². The number of hydrogen-bond donors (Lipinski definition) is 3. The van der Waals surface area contributed by atoms with E-state index < -0.39 is 18.1 Å². The number of carbonyl (C=O) groups excluding carboxylic acids is 2. The second kappa shape index (κ2) is 15.7. The van der Waals surface area contributed by atoms with Crippen LogP contribution in [0.5, 0.6) is 5.75 Å². The van der Waals surface area contributed by atoms with Crippen LogP contribution < -0.4 is 15.4 Å². The molecular formula is C30H34N2O6. The zero-order valence-electron chi connectivity index (χ0n) is 21.3. The number of benzene rings is 3. The van der Waals surface area contributed by atoms with Crippen molar-refractivity contribution < 1.29 is 29.0 Å². The molecule has 3 aromatic rings. The first kappa shape index (κ1) is 28.2. The molecule has 3 N–H and O–H groups in total. The van der Waals surface area contributed by atoms with Crippen LogP contribution in [0.4, 0.5) is 4.79 Å². The zero-order valence-corrected chi connectivity index (χ0v) is 21.3. The monoisotopic (exact) mass is 518 g/mol. The fraction of sp³-hybridized carbons (Fsp3) is 0.300. The van der Waals surface area contributed by atoms with E-state index in [1.807, 2.05) is 60.7 Å². The highest BCUT2D eigenvalue weighted by Gasteiger charge is 2.20. The highest BCUT2D eigenvalue weighted by atomic mass is 16.5. The van der Waals surface area contributed by atoms with E-state index in [9.17, 15) is 19.5 Å². The number of ether oxygens (including phenoxy) is 2. The quantitative estimate of drug-likeness (QED) is 0.248. The third-order valence-corrected chi connectivity index (χ3v) is 5.81. The molecule has 0 aliphatic rings. The summed E-state index contributed by atoms with van der Waals surface area (Å²) in [5, 5.41) is 14.9. The molecule has 0 radical (unpaired) electrons. The molecule has 8 nitrogen and oxygen atoms in total. The van der Waals surface area contributed by atoms with E-state index in [0.29, 0.717) is 38.2 Å². The summed E-state index contributed by atoms with van der Waals surface area (Å²) in [6, 6.07) is 25.4. The van der Waals surface area contributed by atoms with Gasteiger partial charge in [-0.25, -0.2) is 9.59 Å². The average Bonchev–Trinajstić information content (AvgIpc) is 2.94. The first-order valence-electron chi connectivity index (χ1n) is 12.7. The van der Waals surface area contributed by atoms with E-state index in [0.717, 1.165) is 16.7 Å². The van der Waals surface area contributed by atoms with Crippen LogP contribution in [-0.2, 0) is 34.0 Å². The SMILES string of the molecule is O=C(CCCCCNC(=O)OCc1ccccc1)N[C@H](Cc1ccc(OCc2ccccc2)cc1)C(=O)O. The number of amides is 2. The molecule has 0 aliphatic carbocycles. The van der Waals surface area contributed by atoms with Gasteiger partial charge in [0.25, 0.3) is 0 Å². The van der Waals surface area contributed by atoms with Crippen LogP contribution in [0.15, 0.2) is 84.9 Å². The Morgan fingerprint density at radius 3 is 2.00 bits per heavy atom. The van der Waals surface area contributed by atoms with Gasteiger partial charge in [0.15, 0.2) is 0 Å². The summed E-state index contributed by atoms with van der Waals surface area (Å²) in [4.78, 5) is 35.7. The molecule has 3 rings (SSSR count). The van der Waals surface area contributed by atoms with Crippen molar-refractivity contribution in [1.29, 1.82) is 0 Å². The molecule has 0 aliphatic heterocycles.